The van der Waals surface area contributed by atoms with E-state index in [0.29, 0.717) is 29.5 Å². The van der Waals surface area contributed by atoms with Gasteiger partial charge in [0.05, 0.1) is 17.9 Å². The maximum atomic E-state index is 12.4. The molecule has 0 fully saturated rings. The molecule has 0 aliphatic rings. The van der Waals surface area contributed by atoms with Crippen molar-refractivity contribution in [2.75, 3.05) is 12.3 Å². The van der Waals surface area contributed by atoms with Crippen molar-refractivity contribution < 1.29 is 9.53 Å². The van der Waals surface area contributed by atoms with Gasteiger partial charge in [0.2, 0.25) is 0 Å². The monoisotopic (exact) mass is 292 g/mol. The van der Waals surface area contributed by atoms with Crippen molar-refractivity contribution in [3.8, 4) is 5.75 Å². The summed E-state index contributed by atoms with van der Waals surface area (Å²) in [5.41, 5.74) is 6.89. The van der Waals surface area contributed by atoms with Gasteiger partial charge in [0.25, 0.3) is 5.91 Å². The van der Waals surface area contributed by atoms with Gasteiger partial charge < -0.3 is 15.8 Å². The zero-order chi connectivity index (χ0) is 15.8. The first-order chi connectivity index (χ1) is 9.95. The van der Waals surface area contributed by atoms with Crippen LogP contribution in [-0.2, 0) is 0 Å². The fourth-order valence-corrected chi connectivity index (χ4v) is 2.25. The van der Waals surface area contributed by atoms with E-state index < -0.39 is 0 Å². The van der Waals surface area contributed by atoms with Crippen LogP contribution in [0.2, 0.25) is 0 Å². The van der Waals surface area contributed by atoms with Crippen molar-refractivity contribution in [3.63, 3.8) is 0 Å². The number of carbonyl (C=O) groups excluding carboxylic acids is 1. The molecule has 0 aliphatic heterocycles. The van der Waals surface area contributed by atoms with Gasteiger partial charge in [-0.05, 0) is 38.3 Å². The number of carbonyl (C=O) groups is 1. The van der Waals surface area contributed by atoms with Crippen LogP contribution in [0, 0.1) is 5.92 Å². The number of nitrogens with two attached hydrogens (primary N) is 1. The Kier molecular flexibility index (Phi) is 7.06. The Hall–Kier alpha value is -1.71. The lowest BCUT2D eigenvalue weighted by molar-refractivity contribution is 0.0934. The molecule has 0 radical (unpaired) electrons. The third kappa shape index (κ3) is 5.66. The summed E-state index contributed by atoms with van der Waals surface area (Å²) in [6.07, 6.45) is 3.28. The molecule has 1 atom stereocenters. The van der Waals surface area contributed by atoms with Gasteiger partial charge in [0.15, 0.2) is 5.75 Å². The maximum Gasteiger partial charge on any atom is 0.255 e. The van der Waals surface area contributed by atoms with Gasteiger partial charge in [-0.15, -0.1) is 0 Å². The highest BCUT2D eigenvalue weighted by Crippen LogP contribution is 2.26. The minimum absolute atomic E-state index is 0.122. The largest absolute Gasteiger partial charge is 0.491 e. The van der Waals surface area contributed by atoms with E-state index in [1.807, 2.05) is 13.8 Å². The van der Waals surface area contributed by atoms with Gasteiger partial charge in [-0.25, -0.2) is 0 Å². The molecule has 118 valence electrons. The minimum Gasteiger partial charge on any atom is -0.491 e. The van der Waals surface area contributed by atoms with E-state index >= 15 is 0 Å². The average Bonchev–Trinajstić information content (AvgIpc) is 2.40. The molecule has 4 nitrogen and oxygen atoms in total. The Morgan fingerprint density at radius 2 is 2.00 bits per heavy atom. The van der Waals surface area contributed by atoms with Crippen LogP contribution in [0.1, 0.15) is 57.3 Å². The molecule has 0 bridgehead atoms. The number of benzene rings is 1. The topological polar surface area (TPSA) is 64.3 Å². The molecule has 1 unspecified atom stereocenters. The molecule has 21 heavy (non-hydrogen) atoms. The number of hydrogen-bond acceptors (Lipinski definition) is 3. The number of nitrogens with one attached hydrogen (secondary N) is 1. The van der Waals surface area contributed by atoms with Gasteiger partial charge in [-0.2, -0.15) is 0 Å². The third-order valence-corrected chi connectivity index (χ3v) is 3.37. The second-order valence-corrected chi connectivity index (χ2v) is 5.86. The molecular weight excluding hydrogens is 264 g/mol. The lowest BCUT2D eigenvalue weighted by Gasteiger charge is -2.17. The smallest absolute Gasteiger partial charge is 0.255 e. The highest BCUT2D eigenvalue weighted by molar-refractivity contribution is 5.98. The van der Waals surface area contributed by atoms with Gasteiger partial charge in [-0.3, -0.25) is 4.79 Å². The first-order valence-electron chi connectivity index (χ1n) is 7.77. The van der Waals surface area contributed by atoms with Crippen LogP contribution < -0.4 is 15.8 Å². The Morgan fingerprint density at radius 3 is 2.62 bits per heavy atom. The van der Waals surface area contributed by atoms with E-state index in [2.05, 4.69) is 19.2 Å². The van der Waals surface area contributed by atoms with Crippen molar-refractivity contribution in [2.24, 2.45) is 5.92 Å². The molecule has 1 aromatic carbocycles. The average molecular weight is 292 g/mol. The van der Waals surface area contributed by atoms with E-state index in [1.165, 1.54) is 6.42 Å². The van der Waals surface area contributed by atoms with E-state index in [4.69, 9.17) is 10.5 Å². The highest BCUT2D eigenvalue weighted by Gasteiger charge is 2.16. The van der Waals surface area contributed by atoms with Gasteiger partial charge >= 0.3 is 0 Å². The summed E-state index contributed by atoms with van der Waals surface area (Å²) in [6.45, 7) is 8.82. The number of rotatable bonds is 8. The lowest BCUT2D eigenvalue weighted by atomic mass is 10.0. The molecular formula is C17H28N2O2. The summed E-state index contributed by atoms with van der Waals surface area (Å²) in [5.74, 6) is 1.06. The van der Waals surface area contributed by atoms with Gasteiger partial charge in [-0.1, -0.05) is 32.8 Å². The summed E-state index contributed by atoms with van der Waals surface area (Å²) >= 11 is 0. The molecule has 1 aromatic rings. The number of para-hydroxylation sites is 1. The van der Waals surface area contributed by atoms with Crippen LogP contribution in [0.15, 0.2) is 18.2 Å². The molecule has 0 heterocycles. The number of anilines is 1. The lowest BCUT2D eigenvalue weighted by Crippen LogP contribution is -2.33. The van der Waals surface area contributed by atoms with Crippen molar-refractivity contribution >= 4 is 11.6 Å². The Morgan fingerprint density at radius 1 is 1.29 bits per heavy atom. The summed E-state index contributed by atoms with van der Waals surface area (Å²) in [4.78, 5) is 12.4. The first-order valence-corrected chi connectivity index (χ1v) is 7.77. The molecule has 0 spiro atoms. The number of amides is 1. The number of hydrogen-bond donors (Lipinski definition) is 2. The van der Waals surface area contributed by atoms with Crippen LogP contribution in [-0.4, -0.2) is 18.6 Å². The highest BCUT2D eigenvalue weighted by atomic mass is 16.5. The van der Waals surface area contributed by atoms with E-state index in [9.17, 15) is 4.79 Å². The molecule has 3 N–H and O–H groups in total. The Balaban J connectivity index is 2.65. The van der Waals surface area contributed by atoms with E-state index in [0.717, 1.165) is 12.8 Å². The Labute approximate surface area is 128 Å². The van der Waals surface area contributed by atoms with Crippen LogP contribution in [0.25, 0.3) is 0 Å². The molecule has 4 heteroatoms. The van der Waals surface area contributed by atoms with Crippen LogP contribution >= 0.6 is 0 Å². The zero-order valence-electron chi connectivity index (χ0n) is 13.6. The molecule has 0 saturated heterocycles. The van der Waals surface area contributed by atoms with Crippen molar-refractivity contribution in [1.29, 1.82) is 0 Å². The summed E-state index contributed by atoms with van der Waals surface area (Å²) in [7, 11) is 0. The quantitative estimate of drug-likeness (QED) is 0.719. The molecule has 0 saturated carbocycles. The fraction of sp³-hybridized carbons (Fsp3) is 0.588. The van der Waals surface area contributed by atoms with Crippen LogP contribution in [0.5, 0.6) is 5.75 Å². The second kappa shape index (κ2) is 8.55. The van der Waals surface area contributed by atoms with Crippen LogP contribution in [0.4, 0.5) is 5.69 Å². The fourth-order valence-electron chi connectivity index (χ4n) is 2.25. The Bertz CT molecular complexity index is 458. The van der Waals surface area contributed by atoms with Gasteiger partial charge in [0.1, 0.15) is 0 Å². The third-order valence-electron chi connectivity index (χ3n) is 3.37. The van der Waals surface area contributed by atoms with Crippen molar-refractivity contribution in [2.45, 2.75) is 53.0 Å². The second-order valence-electron chi connectivity index (χ2n) is 5.86. The van der Waals surface area contributed by atoms with Crippen LogP contribution in [0.3, 0.4) is 0 Å². The normalized spacial score (nSPS) is 12.2. The summed E-state index contributed by atoms with van der Waals surface area (Å²) in [6, 6.07) is 5.41. The van der Waals surface area contributed by atoms with Crippen molar-refractivity contribution in [1.82, 2.24) is 5.32 Å². The van der Waals surface area contributed by atoms with E-state index in [1.54, 1.807) is 18.2 Å². The minimum atomic E-state index is -0.122. The maximum absolute atomic E-state index is 12.4. The number of nitrogen functional groups attached to an aromatic ring is 1. The molecule has 0 aliphatic carbocycles. The molecule has 1 rings (SSSR count). The predicted molar refractivity (Wildman–Crippen MR) is 87.6 cm³/mol. The van der Waals surface area contributed by atoms with E-state index in [-0.39, 0.29) is 11.9 Å². The standard InChI is InChI=1S/C17H28N2O2/c1-5-21-16-14(10-7-11-15(16)18)17(20)19-13(4)9-6-8-12(2)3/h7,10-13H,5-6,8-9,18H2,1-4H3,(H,19,20). The summed E-state index contributed by atoms with van der Waals surface area (Å²) in [5, 5.41) is 3.02. The van der Waals surface area contributed by atoms with Crippen molar-refractivity contribution in [3.05, 3.63) is 23.8 Å². The summed E-state index contributed by atoms with van der Waals surface area (Å²) < 4.78 is 5.50. The van der Waals surface area contributed by atoms with Gasteiger partial charge in [0, 0.05) is 6.04 Å². The zero-order valence-corrected chi connectivity index (χ0v) is 13.6. The number of ether oxygens (including phenoxy) is 1. The SMILES string of the molecule is CCOc1c(N)cccc1C(=O)NC(C)CCCC(C)C. The first kappa shape index (κ1) is 17.3. The molecule has 0 aromatic heterocycles. The predicted octanol–water partition coefficient (Wildman–Crippen LogP) is 3.61. The molecule has 1 amide bonds.